The molecule has 0 radical (unpaired) electrons. The molecule has 0 fully saturated rings. The van der Waals surface area contributed by atoms with Gasteiger partial charge in [-0.25, -0.2) is 0 Å². The van der Waals surface area contributed by atoms with E-state index in [1.165, 1.54) is 128 Å². The van der Waals surface area contributed by atoms with E-state index in [-0.39, 0.29) is 5.92 Å². The number of aryl methyl sites for hydroxylation is 14. The largest absolute Gasteiger partial charge is 0.0587 e. The SMILES string of the molecule is Cc1cc(C)c(Cc2c(C)ccc(Cc3ccc(C)c(C(c4cc(C)c(C)cc4C)c4cc(C)c(C)cc4C)c3)c2-c2cc(C)c(C)cc2C)cc1C. The molecular weight excluding hydrogens is 637 g/mol. The van der Waals surface area contributed by atoms with Crippen molar-refractivity contribution in [2.45, 2.75) is 116 Å². The highest BCUT2D eigenvalue weighted by Crippen LogP contribution is 2.41. The van der Waals surface area contributed by atoms with Crippen molar-refractivity contribution in [3.05, 3.63) is 196 Å². The maximum Gasteiger partial charge on any atom is 0.0348 e. The van der Waals surface area contributed by atoms with Gasteiger partial charge in [0.25, 0.3) is 0 Å². The van der Waals surface area contributed by atoms with Crippen LogP contribution >= 0.6 is 0 Å². The molecule has 272 valence electrons. The van der Waals surface area contributed by atoms with Crippen LogP contribution in [0.3, 0.4) is 0 Å². The second-order valence-corrected chi connectivity index (χ2v) is 16.6. The van der Waals surface area contributed by atoms with Crippen molar-refractivity contribution >= 4 is 0 Å². The Morgan fingerprint density at radius 1 is 0.321 bits per heavy atom. The summed E-state index contributed by atoms with van der Waals surface area (Å²) in [4.78, 5) is 0. The second kappa shape index (κ2) is 15.0. The third-order valence-corrected chi connectivity index (χ3v) is 12.5. The van der Waals surface area contributed by atoms with Gasteiger partial charge in [0.1, 0.15) is 0 Å². The minimum absolute atomic E-state index is 0.149. The van der Waals surface area contributed by atoms with Crippen LogP contribution in [-0.4, -0.2) is 0 Å². The lowest BCUT2D eigenvalue weighted by Gasteiger charge is -2.27. The van der Waals surface area contributed by atoms with E-state index >= 15 is 0 Å². The monoisotopic (exact) mass is 696 g/mol. The van der Waals surface area contributed by atoms with E-state index in [0.717, 1.165) is 12.8 Å². The van der Waals surface area contributed by atoms with Crippen molar-refractivity contribution in [3.63, 3.8) is 0 Å². The molecule has 0 nitrogen and oxygen atoms in total. The molecule has 0 unspecified atom stereocenters. The molecule has 0 N–H and O–H groups in total. The zero-order valence-electron chi connectivity index (χ0n) is 35.0. The topological polar surface area (TPSA) is 0 Å². The first kappa shape index (κ1) is 38.1. The van der Waals surface area contributed by atoms with Gasteiger partial charge in [-0.2, -0.15) is 0 Å². The van der Waals surface area contributed by atoms with E-state index in [1.54, 1.807) is 0 Å². The summed E-state index contributed by atoms with van der Waals surface area (Å²) in [5, 5.41) is 0. The summed E-state index contributed by atoms with van der Waals surface area (Å²) in [6.07, 6.45) is 1.80. The number of hydrogen-bond acceptors (Lipinski definition) is 0. The molecule has 6 rings (SSSR count). The molecule has 0 saturated heterocycles. The van der Waals surface area contributed by atoms with E-state index in [4.69, 9.17) is 0 Å². The van der Waals surface area contributed by atoms with Gasteiger partial charge < -0.3 is 0 Å². The first-order chi connectivity index (χ1) is 25.0. The fourth-order valence-electron chi connectivity index (χ4n) is 8.56. The molecule has 0 aromatic heterocycles. The zero-order chi connectivity index (χ0) is 38.5. The summed E-state index contributed by atoms with van der Waals surface area (Å²) >= 11 is 0. The van der Waals surface area contributed by atoms with Gasteiger partial charge in [0, 0.05) is 5.92 Å². The van der Waals surface area contributed by atoms with Gasteiger partial charge in [0.05, 0.1) is 0 Å². The molecule has 0 bridgehead atoms. The molecule has 0 aliphatic carbocycles. The Morgan fingerprint density at radius 2 is 0.774 bits per heavy atom. The van der Waals surface area contributed by atoms with Crippen molar-refractivity contribution in [3.8, 4) is 11.1 Å². The van der Waals surface area contributed by atoms with Crippen LogP contribution in [0.25, 0.3) is 11.1 Å². The van der Waals surface area contributed by atoms with Crippen molar-refractivity contribution in [1.82, 2.24) is 0 Å². The Morgan fingerprint density at radius 3 is 1.36 bits per heavy atom. The van der Waals surface area contributed by atoms with Crippen molar-refractivity contribution in [1.29, 1.82) is 0 Å². The van der Waals surface area contributed by atoms with Gasteiger partial charge in [-0.1, -0.05) is 78.9 Å². The predicted octanol–water partition coefficient (Wildman–Crippen LogP) is 14.0. The van der Waals surface area contributed by atoms with E-state index < -0.39 is 0 Å². The van der Waals surface area contributed by atoms with Gasteiger partial charge in [0.2, 0.25) is 0 Å². The molecule has 0 heteroatoms. The molecule has 0 aliphatic heterocycles. The normalized spacial score (nSPS) is 11.5. The average molecular weight is 697 g/mol. The van der Waals surface area contributed by atoms with Crippen molar-refractivity contribution in [2.75, 3.05) is 0 Å². The first-order valence-corrected chi connectivity index (χ1v) is 19.5. The highest BCUT2D eigenvalue weighted by molar-refractivity contribution is 5.77. The minimum Gasteiger partial charge on any atom is -0.0587 e. The lowest BCUT2D eigenvalue weighted by atomic mass is 9.77. The van der Waals surface area contributed by atoms with Crippen LogP contribution in [0.1, 0.15) is 123 Å². The third kappa shape index (κ3) is 7.57. The number of benzene rings is 6. The summed E-state index contributed by atoms with van der Waals surface area (Å²) < 4.78 is 0. The minimum atomic E-state index is 0.149. The third-order valence-electron chi connectivity index (χ3n) is 12.5. The number of hydrogen-bond donors (Lipinski definition) is 0. The van der Waals surface area contributed by atoms with Gasteiger partial charge in [-0.3, -0.25) is 0 Å². The van der Waals surface area contributed by atoms with Crippen molar-refractivity contribution in [2.24, 2.45) is 0 Å². The standard InChI is InChI=1S/C53H60/c1-30-15-17-44(28-50(30)53(48-25-38(9)34(5)21-42(48)13)49-26-39(10)35(6)22-43(49)14)27-45-18-16-31(2)51(29-46-23-36(7)32(3)19-40(46)11)52(45)47-24-37(8)33(4)20-41(47)12/h15-26,28,53H,27,29H2,1-14H3. The zero-order valence-corrected chi connectivity index (χ0v) is 35.0. The van der Waals surface area contributed by atoms with Gasteiger partial charge >= 0.3 is 0 Å². The Bertz CT molecular complexity index is 2320. The van der Waals surface area contributed by atoms with Crippen molar-refractivity contribution < 1.29 is 0 Å². The lowest BCUT2D eigenvalue weighted by molar-refractivity contribution is 0.922. The highest BCUT2D eigenvalue weighted by Gasteiger charge is 2.25. The smallest absolute Gasteiger partial charge is 0.0348 e. The summed E-state index contributed by atoms with van der Waals surface area (Å²) in [6, 6.07) is 31.4. The summed E-state index contributed by atoms with van der Waals surface area (Å²) in [6.45, 7) is 31.8. The van der Waals surface area contributed by atoms with E-state index in [2.05, 4.69) is 176 Å². The Balaban J connectivity index is 1.56. The summed E-state index contributed by atoms with van der Waals surface area (Å²) in [5.41, 5.74) is 31.6. The maximum atomic E-state index is 2.54. The quantitative estimate of drug-likeness (QED) is 0.139. The highest BCUT2D eigenvalue weighted by atomic mass is 14.3. The maximum absolute atomic E-state index is 2.54. The molecule has 53 heavy (non-hydrogen) atoms. The van der Waals surface area contributed by atoms with E-state index in [9.17, 15) is 0 Å². The van der Waals surface area contributed by atoms with Gasteiger partial charge in [-0.15, -0.1) is 0 Å². The van der Waals surface area contributed by atoms with Crippen LogP contribution in [-0.2, 0) is 12.8 Å². The van der Waals surface area contributed by atoms with Crippen LogP contribution in [0.15, 0.2) is 78.9 Å². The molecule has 0 aliphatic rings. The Labute approximate surface area is 321 Å². The molecule has 0 heterocycles. The van der Waals surface area contributed by atoms with Crippen LogP contribution in [0.2, 0.25) is 0 Å². The van der Waals surface area contributed by atoms with Gasteiger partial charge in [-0.05, 0) is 238 Å². The van der Waals surface area contributed by atoms with E-state index in [1.807, 2.05) is 0 Å². The van der Waals surface area contributed by atoms with Crippen LogP contribution in [0.4, 0.5) is 0 Å². The van der Waals surface area contributed by atoms with Crippen LogP contribution in [0.5, 0.6) is 0 Å². The molecule has 0 spiro atoms. The fourth-order valence-corrected chi connectivity index (χ4v) is 8.56. The first-order valence-electron chi connectivity index (χ1n) is 19.5. The second-order valence-electron chi connectivity index (χ2n) is 16.6. The molecule has 6 aromatic carbocycles. The molecular formula is C53H60. The van der Waals surface area contributed by atoms with Crippen LogP contribution < -0.4 is 0 Å². The lowest BCUT2D eigenvalue weighted by Crippen LogP contribution is -2.11. The molecule has 0 atom stereocenters. The average Bonchev–Trinajstić information content (AvgIpc) is 3.09. The number of rotatable bonds is 8. The predicted molar refractivity (Wildman–Crippen MR) is 231 cm³/mol. The molecule has 0 amide bonds. The summed E-state index contributed by atoms with van der Waals surface area (Å²) in [5.74, 6) is 0.149. The van der Waals surface area contributed by atoms with Gasteiger partial charge in [0.15, 0.2) is 0 Å². The molecule has 6 aromatic rings. The fraction of sp³-hybridized carbons (Fsp3) is 0.321. The summed E-state index contributed by atoms with van der Waals surface area (Å²) in [7, 11) is 0. The van der Waals surface area contributed by atoms with E-state index in [0.29, 0.717) is 0 Å². The van der Waals surface area contributed by atoms with Crippen LogP contribution in [0, 0.1) is 96.9 Å². The Kier molecular flexibility index (Phi) is 10.8. The molecule has 0 saturated carbocycles. The Hall–Kier alpha value is -4.68.